The van der Waals surface area contributed by atoms with E-state index < -0.39 is 27.8 Å². The van der Waals surface area contributed by atoms with Gasteiger partial charge in [0.05, 0.1) is 25.9 Å². The van der Waals surface area contributed by atoms with E-state index in [1.54, 1.807) is 0 Å². The van der Waals surface area contributed by atoms with Crippen molar-refractivity contribution < 1.29 is 28.2 Å². The molecule has 1 aliphatic heterocycles. The molecule has 1 fully saturated rings. The zero-order valence-electron chi connectivity index (χ0n) is 8.00. The first kappa shape index (κ1) is 12.4. The highest BCUT2D eigenvalue weighted by atomic mass is 32.2. The van der Waals surface area contributed by atoms with Crippen molar-refractivity contribution in [3.8, 4) is 0 Å². The molecule has 0 aromatic carbocycles. The lowest BCUT2D eigenvalue weighted by atomic mass is 10.3. The number of carboxylic acid groups (broad SMARTS) is 1. The van der Waals surface area contributed by atoms with Crippen LogP contribution in [0.25, 0.3) is 0 Å². The van der Waals surface area contributed by atoms with Gasteiger partial charge in [0.1, 0.15) is 0 Å². The van der Waals surface area contributed by atoms with Gasteiger partial charge in [-0.3, -0.25) is 4.79 Å². The highest BCUT2D eigenvalue weighted by Gasteiger charge is 2.33. The Morgan fingerprint density at radius 1 is 1.53 bits per heavy atom. The molecule has 0 radical (unpaired) electrons. The Bertz CT molecular complexity index is 326. The van der Waals surface area contributed by atoms with E-state index in [0.717, 1.165) is 4.31 Å². The number of morpholine rings is 1. The van der Waals surface area contributed by atoms with Crippen LogP contribution in [0.1, 0.15) is 0 Å². The molecule has 1 heterocycles. The van der Waals surface area contributed by atoms with Crippen LogP contribution in [0.3, 0.4) is 0 Å². The number of aliphatic carboxylic acids is 1. The first-order chi connectivity index (χ1) is 6.97. The van der Waals surface area contributed by atoms with E-state index >= 15 is 0 Å². The zero-order valence-corrected chi connectivity index (χ0v) is 8.81. The number of rotatable bonds is 4. The van der Waals surface area contributed by atoms with Crippen LogP contribution in [0.2, 0.25) is 0 Å². The molecule has 1 rings (SSSR count). The third-order valence-electron chi connectivity index (χ3n) is 2.05. The summed E-state index contributed by atoms with van der Waals surface area (Å²) in [6.07, 6.45) is 0. The molecule has 0 saturated carbocycles. The number of hydrogen-bond acceptors (Lipinski definition) is 5. The van der Waals surface area contributed by atoms with Gasteiger partial charge in [0.25, 0.3) is 0 Å². The Morgan fingerprint density at radius 3 is 2.73 bits per heavy atom. The third-order valence-corrected chi connectivity index (χ3v) is 3.85. The van der Waals surface area contributed by atoms with Crippen molar-refractivity contribution in [3.05, 3.63) is 0 Å². The van der Waals surface area contributed by atoms with Gasteiger partial charge in [-0.2, -0.15) is 4.31 Å². The van der Waals surface area contributed by atoms with Crippen LogP contribution in [-0.4, -0.2) is 67.1 Å². The van der Waals surface area contributed by atoms with Crippen LogP contribution < -0.4 is 0 Å². The molecule has 0 amide bonds. The fraction of sp³-hybridized carbons (Fsp3) is 0.857. The number of hydrogen-bond donors (Lipinski definition) is 2. The number of nitrogens with zero attached hydrogens (tertiary/aromatic N) is 1. The molecule has 7 nitrogen and oxygen atoms in total. The van der Waals surface area contributed by atoms with E-state index in [-0.39, 0.29) is 26.4 Å². The van der Waals surface area contributed by atoms with Crippen LogP contribution in [0, 0.1) is 0 Å². The van der Waals surface area contributed by atoms with Crippen molar-refractivity contribution in [2.75, 3.05) is 32.1 Å². The summed E-state index contributed by atoms with van der Waals surface area (Å²) >= 11 is 0. The average Bonchev–Trinajstić information content (AvgIpc) is 2.16. The molecule has 8 heteroatoms. The van der Waals surface area contributed by atoms with Crippen LogP contribution in [0.15, 0.2) is 0 Å². The second kappa shape index (κ2) is 4.88. The van der Waals surface area contributed by atoms with Gasteiger partial charge in [0.2, 0.25) is 10.0 Å². The molecule has 0 bridgehead atoms. The Kier molecular flexibility index (Phi) is 4.03. The molecule has 0 aromatic rings. The predicted octanol–water partition coefficient (Wildman–Crippen LogP) is -1.91. The molecular formula is C7H13NO6S. The second-order valence-corrected chi connectivity index (χ2v) is 5.09. The molecule has 0 aromatic heterocycles. The van der Waals surface area contributed by atoms with Crippen molar-refractivity contribution in [2.24, 2.45) is 0 Å². The average molecular weight is 239 g/mol. The van der Waals surface area contributed by atoms with Crippen molar-refractivity contribution in [3.63, 3.8) is 0 Å². The molecule has 1 aliphatic rings. The molecule has 1 atom stereocenters. The van der Waals surface area contributed by atoms with E-state index in [9.17, 15) is 13.2 Å². The molecule has 1 unspecified atom stereocenters. The minimum absolute atomic E-state index is 0.0842. The summed E-state index contributed by atoms with van der Waals surface area (Å²) in [4.78, 5) is 10.4. The first-order valence-corrected chi connectivity index (χ1v) is 5.98. The number of carboxylic acids is 1. The first-order valence-electron chi connectivity index (χ1n) is 4.37. The Balaban J connectivity index is 2.79. The molecule has 1 saturated heterocycles. The van der Waals surface area contributed by atoms with E-state index in [4.69, 9.17) is 14.9 Å². The minimum atomic E-state index is -3.85. The summed E-state index contributed by atoms with van der Waals surface area (Å²) in [6, 6.07) is -0.678. The summed E-state index contributed by atoms with van der Waals surface area (Å²) in [5.74, 6) is -2.36. The number of sulfonamides is 1. The lowest BCUT2D eigenvalue weighted by molar-refractivity contribution is -0.134. The number of ether oxygens (including phenoxy) is 1. The molecule has 0 spiro atoms. The fourth-order valence-electron chi connectivity index (χ4n) is 1.39. The van der Waals surface area contributed by atoms with E-state index in [2.05, 4.69) is 0 Å². The van der Waals surface area contributed by atoms with Gasteiger partial charge in [0, 0.05) is 6.54 Å². The molecule has 2 N–H and O–H groups in total. The maximum absolute atomic E-state index is 11.5. The summed E-state index contributed by atoms with van der Waals surface area (Å²) in [5.41, 5.74) is 0. The smallest absolute Gasteiger partial charge is 0.320 e. The standard InChI is InChI=1S/C7H13NO6S/c9-3-6-4-14-2-1-8(6)15(12,13)5-7(10)11/h6,9H,1-5H2,(H,10,11). The highest BCUT2D eigenvalue weighted by Crippen LogP contribution is 2.12. The van der Waals surface area contributed by atoms with Crippen LogP contribution in [0.4, 0.5) is 0 Å². The summed E-state index contributed by atoms with van der Waals surface area (Å²) in [5, 5.41) is 17.4. The quantitative estimate of drug-likeness (QED) is 0.593. The fourth-order valence-corrected chi connectivity index (χ4v) is 2.80. The number of carbonyl (C=O) groups is 1. The second-order valence-electron chi connectivity index (χ2n) is 3.17. The maximum Gasteiger partial charge on any atom is 0.320 e. The molecular weight excluding hydrogens is 226 g/mol. The van der Waals surface area contributed by atoms with Crippen molar-refractivity contribution in [1.82, 2.24) is 4.31 Å². The molecule has 88 valence electrons. The van der Waals surface area contributed by atoms with Gasteiger partial charge in [-0.15, -0.1) is 0 Å². The number of aliphatic hydroxyl groups excluding tert-OH is 1. The lowest BCUT2D eigenvalue weighted by Crippen LogP contribution is -2.51. The van der Waals surface area contributed by atoms with E-state index in [0.29, 0.717) is 0 Å². The monoisotopic (exact) mass is 239 g/mol. The van der Waals surface area contributed by atoms with Crippen LogP contribution in [-0.2, 0) is 19.6 Å². The van der Waals surface area contributed by atoms with Gasteiger partial charge in [-0.05, 0) is 0 Å². The van der Waals surface area contributed by atoms with Gasteiger partial charge in [-0.25, -0.2) is 8.42 Å². The lowest BCUT2D eigenvalue weighted by Gasteiger charge is -2.32. The molecule has 0 aliphatic carbocycles. The predicted molar refractivity (Wildman–Crippen MR) is 49.8 cm³/mol. The van der Waals surface area contributed by atoms with Gasteiger partial charge >= 0.3 is 5.97 Å². The normalized spacial score (nSPS) is 23.9. The van der Waals surface area contributed by atoms with Gasteiger partial charge in [-0.1, -0.05) is 0 Å². The van der Waals surface area contributed by atoms with Crippen molar-refractivity contribution >= 4 is 16.0 Å². The zero-order chi connectivity index (χ0) is 11.5. The van der Waals surface area contributed by atoms with Crippen molar-refractivity contribution in [2.45, 2.75) is 6.04 Å². The van der Waals surface area contributed by atoms with Crippen molar-refractivity contribution in [1.29, 1.82) is 0 Å². The summed E-state index contributed by atoms with van der Waals surface area (Å²) in [7, 11) is -3.85. The van der Waals surface area contributed by atoms with Crippen LogP contribution >= 0.6 is 0 Å². The van der Waals surface area contributed by atoms with Gasteiger partial charge < -0.3 is 14.9 Å². The Morgan fingerprint density at radius 2 is 2.20 bits per heavy atom. The van der Waals surface area contributed by atoms with Crippen LogP contribution in [0.5, 0.6) is 0 Å². The van der Waals surface area contributed by atoms with E-state index in [1.807, 2.05) is 0 Å². The topological polar surface area (TPSA) is 104 Å². The number of aliphatic hydroxyl groups is 1. The maximum atomic E-state index is 11.5. The minimum Gasteiger partial charge on any atom is -0.480 e. The highest BCUT2D eigenvalue weighted by molar-refractivity contribution is 7.89. The Labute approximate surface area is 87.3 Å². The summed E-state index contributed by atoms with van der Waals surface area (Å²) < 4.78 is 29.1. The Hall–Kier alpha value is -0.700. The largest absolute Gasteiger partial charge is 0.480 e. The summed E-state index contributed by atoms with van der Waals surface area (Å²) in [6.45, 7) is 0.0182. The third kappa shape index (κ3) is 3.13. The van der Waals surface area contributed by atoms with Gasteiger partial charge in [0.15, 0.2) is 5.75 Å². The SMILES string of the molecule is O=C(O)CS(=O)(=O)N1CCOCC1CO. The van der Waals surface area contributed by atoms with E-state index in [1.165, 1.54) is 0 Å². The molecule has 15 heavy (non-hydrogen) atoms.